The van der Waals surface area contributed by atoms with Crippen molar-refractivity contribution < 1.29 is 4.79 Å². The van der Waals surface area contributed by atoms with Crippen LogP contribution in [-0.2, 0) is 4.79 Å². The van der Waals surface area contributed by atoms with Crippen molar-refractivity contribution >= 4 is 5.91 Å². The van der Waals surface area contributed by atoms with Crippen molar-refractivity contribution in [3.63, 3.8) is 0 Å². The van der Waals surface area contributed by atoms with Gasteiger partial charge in [0.25, 0.3) is 0 Å². The number of hydrogen-bond donors (Lipinski definition) is 1. The molecular weight excluding hydrogens is 336 g/mol. The Morgan fingerprint density at radius 2 is 1.67 bits per heavy atom. The van der Waals surface area contributed by atoms with Gasteiger partial charge in [-0.25, -0.2) is 0 Å². The second-order valence-corrected chi connectivity index (χ2v) is 8.29. The number of carbonyl (C=O) groups is 1. The van der Waals surface area contributed by atoms with Gasteiger partial charge in [0.2, 0.25) is 5.91 Å². The molecule has 150 valence electrons. The highest BCUT2D eigenvalue weighted by molar-refractivity contribution is 5.76. The van der Waals surface area contributed by atoms with Crippen molar-refractivity contribution in [1.82, 2.24) is 14.7 Å². The molecule has 0 saturated carbocycles. The van der Waals surface area contributed by atoms with E-state index in [4.69, 9.17) is 5.73 Å². The van der Waals surface area contributed by atoms with Gasteiger partial charge in [-0.3, -0.25) is 14.6 Å². The van der Waals surface area contributed by atoms with Gasteiger partial charge in [0.1, 0.15) is 0 Å². The first-order valence-electron chi connectivity index (χ1n) is 10.6. The van der Waals surface area contributed by atoms with Gasteiger partial charge in [-0.1, -0.05) is 30.3 Å². The van der Waals surface area contributed by atoms with Crippen LogP contribution >= 0.6 is 0 Å². The number of nitrogens with two attached hydrogens (primary N) is 1. The quantitative estimate of drug-likeness (QED) is 0.799. The van der Waals surface area contributed by atoms with E-state index in [9.17, 15) is 4.79 Å². The van der Waals surface area contributed by atoms with E-state index in [1.165, 1.54) is 12.8 Å². The van der Waals surface area contributed by atoms with E-state index in [2.05, 4.69) is 23.6 Å². The number of hydrogen-bond acceptors (Lipinski definition) is 4. The summed E-state index contributed by atoms with van der Waals surface area (Å²) >= 11 is 0. The third kappa shape index (κ3) is 5.53. The third-order valence-electron chi connectivity index (χ3n) is 6.43. The van der Waals surface area contributed by atoms with E-state index in [0.29, 0.717) is 12.8 Å². The largest absolute Gasteiger partial charge is 0.340 e. The van der Waals surface area contributed by atoms with Gasteiger partial charge >= 0.3 is 0 Å². The molecule has 0 spiro atoms. The Labute approximate surface area is 164 Å². The van der Waals surface area contributed by atoms with Crippen molar-refractivity contribution in [2.24, 2.45) is 5.73 Å². The lowest BCUT2D eigenvalue weighted by molar-refractivity contribution is -0.133. The summed E-state index contributed by atoms with van der Waals surface area (Å²) < 4.78 is 0. The summed E-state index contributed by atoms with van der Waals surface area (Å²) in [5.74, 6) is 0.253. The Hall–Kier alpha value is -1.43. The molecule has 0 bridgehead atoms. The summed E-state index contributed by atoms with van der Waals surface area (Å²) in [6.45, 7) is 10.7. The molecule has 1 aromatic rings. The molecule has 0 aromatic heterocycles. The molecule has 2 saturated heterocycles. The predicted molar refractivity (Wildman–Crippen MR) is 110 cm³/mol. The Kier molecular flexibility index (Phi) is 7.27. The zero-order chi connectivity index (χ0) is 19.2. The third-order valence-corrected chi connectivity index (χ3v) is 6.43. The molecule has 0 aliphatic carbocycles. The van der Waals surface area contributed by atoms with Crippen LogP contribution in [0.2, 0.25) is 0 Å². The first-order valence-corrected chi connectivity index (χ1v) is 10.6. The SMILES string of the molecule is CC1CCC(C)N1CCN1CCN(C(=O)CCC(N)c2ccccc2)CC1. The van der Waals surface area contributed by atoms with Crippen LogP contribution in [0, 0.1) is 0 Å². The van der Waals surface area contributed by atoms with E-state index in [-0.39, 0.29) is 11.9 Å². The fourth-order valence-corrected chi connectivity index (χ4v) is 4.47. The highest BCUT2D eigenvalue weighted by atomic mass is 16.2. The molecule has 2 fully saturated rings. The maximum atomic E-state index is 12.5. The fraction of sp³-hybridized carbons (Fsp3) is 0.682. The Morgan fingerprint density at radius 1 is 1.04 bits per heavy atom. The first-order chi connectivity index (χ1) is 13.0. The normalized spacial score (nSPS) is 25.7. The molecule has 2 N–H and O–H groups in total. The number of piperazine rings is 1. The minimum atomic E-state index is -0.0547. The highest BCUT2D eigenvalue weighted by Crippen LogP contribution is 2.23. The molecule has 2 heterocycles. The van der Waals surface area contributed by atoms with Gasteiger partial charge < -0.3 is 10.6 Å². The average molecular weight is 373 g/mol. The number of likely N-dealkylation sites (tertiary alicyclic amines) is 1. The van der Waals surface area contributed by atoms with Crippen molar-refractivity contribution in [2.75, 3.05) is 39.3 Å². The van der Waals surface area contributed by atoms with Crippen LogP contribution in [0.15, 0.2) is 30.3 Å². The van der Waals surface area contributed by atoms with Crippen LogP contribution in [0.1, 0.15) is 51.1 Å². The van der Waals surface area contributed by atoms with Gasteiger partial charge in [0, 0.05) is 63.8 Å². The van der Waals surface area contributed by atoms with Gasteiger partial charge in [-0.05, 0) is 38.7 Å². The zero-order valence-corrected chi connectivity index (χ0v) is 17.0. The minimum Gasteiger partial charge on any atom is -0.340 e. The summed E-state index contributed by atoms with van der Waals surface area (Å²) in [6.07, 6.45) is 3.91. The molecular formula is C22H36N4O. The van der Waals surface area contributed by atoms with E-state index in [1.54, 1.807) is 0 Å². The van der Waals surface area contributed by atoms with Crippen molar-refractivity contribution in [3.05, 3.63) is 35.9 Å². The van der Waals surface area contributed by atoms with Crippen molar-refractivity contribution in [3.8, 4) is 0 Å². The summed E-state index contributed by atoms with van der Waals surface area (Å²) in [5, 5.41) is 0. The van der Waals surface area contributed by atoms with Crippen LogP contribution in [0.3, 0.4) is 0 Å². The molecule has 3 rings (SSSR count). The van der Waals surface area contributed by atoms with Crippen LogP contribution in [0.5, 0.6) is 0 Å². The maximum absolute atomic E-state index is 12.5. The molecule has 0 radical (unpaired) electrons. The molecule has 1 aromatic carbocycles. The number of nitrogens with zero attached hydrogens (tertiary/aromatic N) is 3. The smallest absolute Gasteiger partial charge is 0.222 e. The lowest BCUT2D eigenvalue weighted by atomic mass is 10.0. The fourth-order valence-electron chi connectivity index (χ4n) is 4.47. The number of amides is 1. The summed E-state index contributed by atoms with van der Waals surface area (Å²) in [7, 11) is 0. The van der Waals surface area contributed by atoms with Gasteiger partial charge in [-0.15, -0.1) is 0 Å². The molecule has 2 aliphatic heterocycles. The molecule has 27 heavy (non-hydrogen) atoms. The lowest BCUT2D eigenvalue weighted by Gasteiger charge is -2.36. The second kappa shape index (κ2) is 9.67. The monoisotopic (exact) mass is 372 g/mol. The lowest BCUT2D eigenvalue weighted by Crippen LogP contribution is -2.50. The number of rotatable bonds is 7. The van der Waals surface area contributed by atoms with E-state index in [1.807, 2.05) is 35.2 Å². The molecule has 5 nitrogen and oxygen atoms in total. The van der Waals surface area contributed by atoms with E-state index in [0.717, 1.165) is 56.9 Å². The van der Waals surface area contributed by atoms with Crippen molar-refractivity contribution in [1.29, 1.82) is 0 Å². The maximum Gasteiger partial charge on any atom is 0.222 e. The topological polar surface area (TPSA) is 52.8 Å². The molecule has 3 atom stereocenters. The zero-order valence-electron chi connectivity index (χ0n) is 17.0. The second-order valence-electron chi connectivity index (χ2n) is 8.29. The molecule has 5 heteroatoms. The van der Waals surface area contributed by atoms with Crippen LogP contribution in [0.25, 0.3) is 0 Å². The molecule has 1 amide bonds. The Morgan fingerprint density at radius 3 is 2.30 bits per heavy atom. The summed E-state index contributed by atoms with van der Waals surface area (Å²) in [5.41, 5.74) is 7.34. The first kappa shape index (κ1) is 20.3. The van der Waals surface area contributed by atoms with Crippen LogP contribution in [0.4, 0.5) is 0 Å². The van der Waals surface area contributed by atoms with Gasteiger partial charge in [0.15, 0.2) is 0 Å². The summed E-state index contributed by atoms with van der Waals surface area (Å²) in [4.78, 5) is 19.7. The van der Waals surface area contributed by atoms with Crippen LogP contribution < -0.4 is 5.73 Å². The van der Waals surface area contributed by atoms with Crippen molar-refractivity contribution in [2.45, 2.75) is 57.7 Å². The molecule has 2 aliphatic rings. The van der Waals surface area contributed by atoms with Gasteiger partial charge in [0.05, 0.1) is 0 Å². The highest BCUT2D eigenvalue weighted by Gasteiger charge is 2.28. The average Bonchev–Trinajstić information content (AvgIpc) is 3.03. The standard InChI is InChI=1S/C22H36N4O/c1-18-8-9-19(2)26(18)17-14-24-12-15-25(16-13-24)22(27)11-10-21(23)20-6-4-3-5-7-20/h3-7,18-19,21H,8-17,23H2,1-2H3. The van der Waals surface area contributed by atoms with E-state index < -0.39 is 0 Å². The number of benzene rings is 1. The minimum absolute atomic E-state index is 0.0547. The number of carbonyl (C=O) groups excluding carboxylic acids is 1. The predicted octanol–water partition coefficient (Wildman–Crippen LogP) is 2.48. The Bertz CT molecular complexity index is 575. The van der Waals surface area contributed by atoms with Gasteiger partial charge in [-0.2, -0.15) is 0 Å². The Balaban J connectivity index is 1.35. The summed E-state index contributed by atoms with van der Waals surface area (Å²) in [6, 6.07) is 11.5. The van der Waals surface area contributed by atoms with E-state index >= 15 is 0 Å². The molecule has 3 unspecified atom stereocenters. The van der Waals surface area contributed by atoms with Crippen LogP contribution in [-0.4, -0.2) is 72.0 Å².